The number of methoxy groups -OCH3 is 1. The molecule has 0 saturated carbocycles. The van der Waals surface area contributed by atoms with Crippen LogP contribution in [-0.4, -0.2) is 20.8 Å². The van der Waals surface area contributed by atoms with Crippen LogP contribution in [0.25, 0.3) is 0 Å². The monoisotopic (exact) mass is 363 g/mol. The largest absolute Gasteiger partial charge is 0.385 e. The summed E-state index contributed by atoms with van der Waals surface area (Å²) in [5.41, 5.74) is 1.28. The van der Waals surface area contributed by atoms with Crippen LogP contribution in [0.1, 0.15) is 24.9 Å². The molecule has 1 N–H and O–H groups in total. The van der Waals surface area contributed by atoms with Gasteiger partial charge in [-0.3, -0.25) is 0 Å². The number of nitrogens with one attached hydrogen (secondary N) is 1. The molecule has 0 bridgehead atoms. The van der Waals surface area contributed by atoms with Crippen LogP contribution in [0.5, 0.6) is 0 Å². The maximum absolute atomic E-state index is 5.15. The smallest absolute Gasteiger partial charge is 0.0465 e. The van der Waals surface area contributed by atoms with Crippen molar-refractivity contribution >= 4 is 31.9 Å². The van der Waals surface area contributed by atoms with Gasteiger partial charge in [-0.1, -0.05) is 38.8 Å². The number of ether oxygens (including phenoxy) is 1. The third-order valence-electron chi connectivity index (χ3n) is 2.95. The summed E-state index contributed by atoms with van der Waals surface area (Å²) in [6.45, 7) is 3.04. The van der Waals surface area contributed by atoms with E-state index >= 15 is 0 Å². The lowest BCUT2D eigenvalue weighted by Crippen LogP contribution is -2.24. The van der Waals surface area contributed by atoms with E-state index in [-0.39, 0.29) is 0 Å². The van der Waals surface area contributed by atoms with Crippen molar-refractivity contribution in [3.8, 4) is 0 Å². The van der Waals surface area contributed by atoms with E-state index in [4.69, 9.17) is 4.74 Å². The minimum absolute atomic E-state index is 0.331. The average Bonchev–Trinajstić information content (AvgIpc) is 2.32. The van der Waals surface area contributed by atoms with Gasteiger partial charge in [-0.15, -0.1) is 0 Å². The Morgan fingerprint density at radius 2 is 2.06 bits per heavy atom. The summed E-state index contributed by atoms with van der Waals surface area (Å²) in [6, 6.07) is 6.61. The van der Waals surface area contributed by atoms with Crippen molar-refractivity contribution < 1.29 is 4.74 Å². The number of hydrogen-bond donors (Lipinski definition) is 1. The van der Waals surface area contributed by atoms with Crippen LogP contribution < -0.4 is 5.32 Å². The minimum atomic E-state index is 0.331. The van der Waals surface area contributed by atoms with Crippen molar-refractivity contribution in [3.05, 3.63) is 32.7 Å². The van der Waals surface area contributed by atoms with Gasteiger partial charge in [-0.2, -0.15) is 0 Å². The normalized spacial score (nSPS) is 14.6. The highest BCUT2D eigenvalue weighted by molar-refractivity contribution is 9.11. The molecule has 0 amide bonds. The summed E-state index contributed by atoms with van der Waals surface area (Å²) in [4.78, 5) is 0. The van der Waals surface area contributed by atoms with E-state index in [0.29, 0.717) is 12.0 Å². The molecule has 0 saturated heterocycles. The third kappa shape index (κ3) is 4.36. The lowest BCUT2D eigenvalue weighted by molar-refractivity contribution is 0.171. The summed E-state index contributed by atoms with van der Waals surface area (Å²) in [7, 11) is 3.75. The fourth-order valence-corrected chi connectivity index (χ4v) is 2.84. The Labute approximate surface area is 120 Å². The fourth-order valence-electron chi connectivity index (χ4n) is 1.97. The van der Waals surface area contributed by atoms with Crippen LogP contribution in [0.4, 0.5) is 0 Å². The molecule has 1 aromatic carbocycles. The zero-order valence-corrected chi connectivity index (χ0v) is 13.6. The van der Waals surface area contributed by atoms with Crippen LogP contribution >= 0.6 is 31.9 Å². The second kappa shape index (κ2) is 7.52. The Balaban J connectivity index is 2.88. The third-order valence-corrected chi connectivity index (χ3v) is 4.17. The van der Waals surface area contributed by atoms with Gasteiger partial charge in [0, 0.05) is 28.7 Å². The van der Waals surface area contributed by atoms with Crippen molar-refractivity contribution in [2.24, 2.45) is 5.92 Å². The first kappa shape index (κ1) is 15.2. The van der Waals surface area contributed by atoms with Crippen LogP contribution in [0.2, 0.25) is 0 Å². The highest BCUT2D eigenvalue weighted by Gasteiger charge is 2.19. The van der Waals surface area contributed by atoms with Crippen molar-refractivity contribution in [1.82, 2.24) is 5.32 Å². The van der Waals surface area contributed by atoms with Gasteiger partial charge in [0.1, 0.15) is 0 Å². The second-order valence-corrected chi connectivity index (χ2v) is 5.96. The van der Waals surface area contributed by atoms with E-state index < -0.39 is 0 Å². The number of benzene rings is 1. The lowest BCUT2D eigenvalue weighted by atomic mass is 9.92. The minimum Gasteiger partial charge on any atom is -0.385 e. The second-order valence-electron chi connectivity index (χ2n) is 4.19. The first-order chi connectivity index (χ1) is 8.10. The molecule has 0 radical (unpaired) electrons. The summed E-state index contributed by atoms with van der Waals surface area (Å²) >= 11 is 7.14. The first-order valence-electron chi connectivity index (χ1n) is 5.71. The van der Waals surface area contributed by atoms with E-state index in [2.05, 4.69) is 56.2 Å². The highest BCUT2D eigenvalue weighted by Crippen LogP contribution is 2.32. The van der Waals surface area contributed by atoms with Gasteiger partial charge < -0.3 is 10.1 Å². The predicted molar refractivity (Wildman–Crippen MR) is 79.3 cm³/mol. The maximum Gasteiger partial charge on any atom is 0.0465 e. The molecule has 0 heterocycles. The molecule has 0 aliphatic carbocycles. The van der Waals surface area contributed by atoms with E-state index in [1.807, 2.05) is 13.1 Å². The Morgan fingerprint density at radius 1 is 1.35 bits per heavy atom. The molecule has 2 nitrogen and oxygen atoms in total. The molecule has 1 rings (SSSR count). The van der Waals surface area contributed by atoms with Gasteiger partial charge in [0.15, 0.2) is 0 Å². The van der Waals surface area contributed by atoms with Crippen molar-refractivity contribution in [3.63, 3.8) is 0 Å². The molecule has 4 heteroatoms. The zero-order valence-electron chi connectivity index (χ0n) is 10.5. The number of hydrogen-bond acceptors (Lipinski definition) is 2. The van der Waals surface area contributed by atoms with E-state index in [9.17, 15) is 0 Å². The van der Waals surface area contributed by atoms with E-state index in [1.165, 1.54) is 5.56 Å². The Hall–Kier alpha value is 0.1000. The molecular weight excluding hydrogens is 346 g/mol. The maximum atomic E-state index is 5.15. The molecule has 17 heavy (non-hydrogen) atoms. The predicted octanol–water partition coefficient (Wildman–Crippen LogP) is 4.14. The Bertz CT molecular complexity index is 357. The van der Waals surface area contributed by atoms with Crippen molar-refractivity contribution in [2.75, 3.05) is 20.8 Å². The summed E-state index contributed by atoms with van der Waals surface area (Å²) < 4.78 is 7.40. The molecular formula is C13H19Br2NO. The van der Waals surface area contributed by atoms with E-state index in [1.54, 1.807) is 7.11 Å². The average molecular weight is 365 g/mol. The van der Waals surface area contributed by atoms with Gasteiger partial charge >= 0.3 is 0 Å². The van der Waals surface area contributed by atoms with Gasteiger partial charge in [-0.05, 0) is 43.1 Å². The summed E-state index contributed by atoms with van der Waals surface area (Å²) in [6.07, 6.45) is 1.04. The van der Waals surface area contributed by atoms with Crippen molar-refractivity contribution in [2.45, 2.75) is 19.4 Å². The SMILES string of the molecule is CNC(c1cc(Br)ccc1Br)C(C)CCOC. The fraction of sp³-hybridized carbons (Fsp3) is 0.538. The van der Waals surface area contributed by atoms with Gasteiger partial charge in [0.25, 0.3) is 0 Å². The van der Waals surface area contributed by atoms with Gasteiger partial charge in [-0.25, -0.2) is 0 Å². The molecule has 0 spiro atoms. The standard InChI is InChI=1S/C13H19Br2NO/c1-9(6-7-17-3)13(16-2)11-8-10(14)4-5-12(11)15/h4-5,8-9,13,16H,6-7H2,1-3H3. The first-order valence-corrected chi connectivity index (χ1v) is 7.30. The van der Waals surface area contributed by atoms with Gasteiger partial charge in [0.05, 0.1) is 0 Å². The molecule has 96 valence electrons. The summed E-state index contributed by atoms with van der Waals surface area (Å²) in [5.74, 6) is 0.519. The number of halogens is 2. The molecule has 2 atom stereocenters. The van der Waals surface area contributed by atoms with Crippen LogP contribution in [-0.2, 0) is 4.74 Å². The Kier molecular flexibility index (Phi) is 6.70. The van der Waals surface area contributed by atoms with Crippen LogP contribution in [0.15, 0.2) is 27.1 Å². The molecule has 0 aromatic heterocycles. The zero-order chi connectivity index (χ0) is 12.8. The number of rotatable bonds is 6. The topological polar surface area (TPSA) is 21.3 Å². The lowest BCUT2D eigenvalue weighted by Gasteiger charge is -2.25. The van der Waals surface area contributed by atoms with E-state index in [0.717, 1.165) is 22.0 Å². The molecule has 0 fully saturated rings. The highest BCUT2D eigenvalue weighted by atomic mass is 79.9. The van der Waals surface area contributed by atoms with Crippen molar-refractivity contribution in [1.29, 1.82) is 0 Å². The van der Waals surface area contributed by atoms with Gasteiger partial charge in [0.2, 0.25) is 0 Å². The van der Waals surface area contributed by atoms with Crippen LogP contribution in [0, 0.1) is 5.92 Å². The molecule has 0 aliphatic heterocycles. The van der Waals surface area contributed by atoms with Crippen LogP contribution in [0.3, 0.4) is 0 Å². The molecule has 1 aromatic rings. The molecule has 0 aliphatic rings. The molecule has 2 unspecified atom stereocenters. The quantitative estimate of drug-likeness (QED) is 0.818. The Morgan fingerprint density at radius 3 is 2.65 bits per heavy atom. The summed E-state index contributed by atoms with van der Waals surface area (Å²) in [5, 5.41) is 3.39.